The molecule has 1 fully saturated rings. The van der Waals surface area contributed by atoms with Crippen molar-refractivity contribution in [3.05, 3.63) is 27.7 Å². The maximum atomic E-state index is 13.0. The third-order valence-electron chi connectivity index (χ3n) is 2.28. The second-order valence-electron chi connectivity index (χ2n) is 3.35. The molecule has 14 heavy (non-hydrogen) atoms. The molecule has 0 radical (unpaired) electrons. The zero-order valence-electron chi connectivity index (χ0n) is 7.84. The number of hydrogen-bond acceptors (Lipinski definition) is 3. The zero-order chi connectivity index (χ0) is 10.1. The fraction of sp³-hybridized carbons (Fsp3) is 0.556. The van der Waals surface area contributed by atoms with Crippen molar-refractivity contribution in [1.29, 1.82) is 0 Å². The maximum Gasteiger partial charge on any atom is 0.287 e. The van der Waals surface area contributed by atoms with Crippen molar-refractivity contribution in [2.45, 2.75) is 25.9 Å². The van der Waals surface area contributed by atoms with Crippen molar-refractivity contribution >= 4 is 0 Å². The number of aryl methyl sites for hydroxylation is 1. The van der Waals surface area contributed by atoms with Gasteiger partial charge in [-0.1, -0.05) is 0 Å². The molecule has 1 N–H and O–H groups in total. The first-order valence-corrected chi connectivity index (χ1v) is 4.56. The Labute approximate surface area is 80.1 Å². The van der Waals surface area contributed by atoms with Crippen molar-refractivity contribution in [2.75, 3.05) is 6.61 Å². The minimum atomic E-state index is -0.813. The molecular formula is C9H11FN2O2. The van der Waals surface area contributed by atoms with E-state index in [1.807, 2.05) is 0 Å². The van der Waals surface area contributed by atoms with Gasteiger partial charge in [-0.3, -0.25) is 4.79 Å². The number of nitrogens with one attached hydrogen (secondary N) is 1. The predicted octanol–water partition coefficient (Wildman–Crippen LogP) is 1.07. The molecule has 5 heteroatoms. The molecule has 1 aromatic heterocycles. The van der Waals surface area contributed by atoms with Crippen LogP contribution in [0, 0.1) is 12.7 Å². The second kappa shape index (κ2) is 3.49. The molecule has 0 spiro atoms. The van der Waals surface area contributed by atoms with Gasteiger partial charge >= 0.3 is 0 Å². The van der Waals surface area contributed by atoms with Gasteiger partial charge in [0.2, 0.25) is 5.82 Å². The van der Waals surface area contributed by atoms with Gasteiger partial charge in [0.25, 0.3) is 5.56 Å². The van der Waals surface area contributed by atoms with E-state index < -0.39 is 11.4 Å². The summed E-state index contributed by atoms with van der Waals surface area (Å²) in [5.74, 6) is -0.377. The lowest BCUT2D eigenvalue weighted by atomic mass is 10.2. The number of ether oxygens (including phenoxy) is 1. The number of aromatic nitrogens is 2. The summed E-state index contributed by atoms with van der Waals surface area (Å²) in [6.45, 7) is 2.15. The van der Waals surface area contributed by atoms with Crippen LogP contribution in [-0.4, -0.2) is 16.6 Å². The number of hydrogen-bond donors (Lipinski definition) is 1. The summed E-state index contributed by atoms with van der Waals surface area (Å²) < 4.78 is 18.3. The molecule has 0 amide bonds. The van der Waals surface area contributed by atoms with Gasteiger partial charge in [0.1, 0.15) is 11.9 Å². The molecular weight excluding hydrogens is 187 g/mol. The first kappa shape index (κ1) is 9.33. The Kier molecular flexibility index (Phi) is 2.33. The van der Waals surface area contributed by atoms with Crippen molar-refractivity contribution < 1.29 is 9.13 Å². The van der Waals surface area contributed by atoms with Gasteiger partial charge in [-0.05, 0) is 19.8 Å². The first-order chi connectivity index (χ1) is 6.68. The van der Waals surface area contributed by atoms with Crippen molar-refractivity contribution in [3.63, 3.8) is 0 Å². The van der Waals surface area contributed by atoms with Gasteiger partial charge in [-0.25, -0.2) is 4.98 Å². The molecule has 76 valence electrons. The minimum absolute atomic E-state index is 0.124. The minimum Gasteiger partial charge on any atom is -0.370 e. The molecule has 0 saturated carbocycles. The molecule has 1 unspecified atom stereocenters. The average Bonchev–Trinajstić information content (AvgIpc) is 2.66. The molecule has 1 aromatic rings. The van der Waals surface area contributed by atoms with E-state index in [0.717, 1.165) is 12.8 Å². The van der Waals surface area contributed by atoms with Gasteiger partial charge in [0.05, 0.1) is 5.69 Å². The fourth-order valence-electron chi connectivity index (χ4n) is 1.54. The van der Waals surface area contributed by atoms with Crippen LogP contribution in [0.5, 0.6) is 0 Å². The largest absolute Gasteiger partial charge is 0.370 e. The van der Waals surface area contributed by atoms with E-state index >= 15 is 0 Å². The summed E-state index contributed by atoms with van der Waals surface area (Å²) in [6, 6.07) is 0. The van der Waals surface area contributed by atoms with E-state index in [-0.39, 0.29) is 11.8 Å². The number of aromatic amines is 1. The summed E-state index contributed by atoms with van der Waals surface area (Å²) in [5, 5.41) is 0. The van der Waals surface area contributed by atoms with E-state index in [9.17, 15) is 9.18 Å². The van der Waals surface area contributed by atoms with Crippen molar-refractivity contribution in [3.8, 4) is 0 Å². The Morgan fingerprint density at radius 3 is 3.00 bits per heavy atom. The summed E-state index contributed by atoms with van der Waals surface area (Å²) in [4.78, 5) is 17.4. The Morgan fingerprint density at radius 1 is 1.64 bits per heavy atom. The van der Waals surface area contributed by atoms with Crippen LogP contribution in [0.3, 0.4) is 0 Å². The van der Waals surface area contributed by atoms with E-state index in [2.05, 4.69) is 9.97 Å². The fourth-order valence-corrected chi connectivity index (χ4v) is 1.54. The SMILES string of the molecule is Cc1nc(C2CCCO2)[nH]c(=O)c1F. The van der Waals surface area contributed by atoms with Gasteiger partial charge in [-0.15, -0.1) is 0 Å². The lowest BCUT2D eigenvalue weighted by Gasteiger charge is -2.08. The summed E-state index contributed by atoms with van der Waals surface area (Å²) in [5.41, 5.74) is -0.595. The van der Waals surface area contributed by atoms with E-state index in [1.54, 1.807) is 0 Å². The van der Waals surface area contributed by atoms with Crippen molar-refractivity contribution in [1.82, 2.24) is 9.97 Å². The topological polar surface area (TPSA) is 55.0 Å². The molecule has 0 bridgehead atoms. The number of halogens is 1. The first-order valence-electron chi connectivity index (χ1n) is 4.56. The van der Waals surface area contributed by atoms with E-state index in [0.29, 0.717) is 12.4 Å². The zero-order valence-corrected chi connectivity index (χ0v) is 7.84. The number of H-pyrrole nitrogens is 1. The van der Waals surface area contributed by atoms with Crippen LogP contribution in [0.15, 0.2) is 4.79 Å². The molecule has 2 rings (SSSR count). The second-order valence-corrected chi connectivity index (χ2v) is 3.35. The normalized spacial score (nSPS) is 21.4. The van der Waals surface area contributed by atoms with Crippen molar-refractivity contribution in [2.24, 2.45) is 0 Å². The van der Waals surface area contributed by atoms with E-state index in [1.165, 1.54) is 6.92 Å². The Morgan fingerprint density at radius 2 is 2.43 bits per heavy atom. The lowest BCUT2D eigenvalue weighted by molar-refractivity contribution is 0.104. The smallest absolute Gasteiger partial charge is 0.287 e. The summed E-state index contributed by atoms with van der Waals surface area (Å²) in [6.07, 6.45) is 1.60. The Hall–Kier alpha value is -1.23. The van der Waals surface area contributed by atoms with Crippen LogP contribution in [0.25, 0.3) is 0 Å². The van der Waals surface area contributed by atoms with Crippen LogP contribution < -0.4 is 5.56 Å². The summed E-state index contributed by atoms with van der Waals surface area (Å²) >= 11 is 0. The van der Waals surface area contributed by atoms with Crippen LogP contribution in [0.1, 0.15) is 30.5 Å². The Bertz CT molecular complexity index is 396. The standard InChI is InChI=1S/C9H11FN2O2/c1-5-7(10)9(13)12-8(11-5)6-3-2-4-14-6/h6H,2-4H2,1H3,(H,11,12,13). The molecule has 1 atom stereocenters. The summed E-state index contributed by atoms with van der Waals surface area (Å²) in [7, 11) is 0. The van der Waals surface area contributed by atoms with Gasteiger partial charge in [-0.2, -0.15) is 4.39 Å². The maximum absolute atomic E-state index is 13.0. The molecule has 1 aliphatic heterocycles. The van der Waals surface area contributed by atoms with Gasteiger partial charge in [0.15, 0.2) is 0 Å². The van der Waals surface area contributed by atoms with E-state index in [4.69, 9.17) is 4.74 Å². The van der Waals surface area contributed by atoms with Crippen LogP contribution in [-0.2, 0) is 4.74 Å². The highest BCUT2D eigenvalue weighted by molar-refractivity contribution is 5.05. The molecule has 4 nitrogen and oxygen atoms in total. The highest BCUT2D eigenvalue weighted by Crippen LogP contribution is 2.25. The van der Waals surface area contributed by atoms with Crippen LogP contribution >= 0.6 is 0 Å². The number of rotatable bonds is 1. The molecule has 1 aliphatic rings. The van der Waals surface area contributed by atoms with Crippen LogP contribution in [0.2, 0.25) is 0 Å². The third-order valence-corrected chi connectivity index (χ3v) is 2.28. The Balaban J connectivity index is 2.39. The third kappa shape index (κ3) is 1.55. The quantitative estimate of drug-likeness (QED) is 0.734. The van der Waals surface area contributed by atoms with Crippen LogP contribution in [0.4, 0.5) is 4.39 Å². The monoisotopic (exact) mass is 198 g/mol. The average molecular weight is 198 g/mol. The molecule has 0 aliphatic carbocycles. The van der Waals surface area contributed by atoms with Gasteiger partial charge < -0.3 is 9.72 Å². The highest BCUT2D eigenvalue weighted by Gasteiger charge is 2.21. The lowest BCUT2D eigenvalue weighted by Crippen LogP contribution is -2.19. The highest BCUT2D eigenvalue weighted by atomic mass is 19.1. The van der Waals surface area contributed by atoms with Gasteiger partial charge in [0, 0.05) is 6.61 Å². The molecule has 0 aromatic carbocycles. The molecule has 2 heterocycles. The predicted molar refractivity (Wildman–Crippen MR) is 47.5 cm³/mol. The number of nitrogens with zero attached hydrogens (tertiary/aromatic N) is 1. The molecule has 1 saturated heterocycles.